The van der Waals surface area contributed by atoms with Gasteiger partial charge < -0.3 is 5.32 Å². The van der Waals surface area contributed by atoms with Crippen molar-refractivity contribution in [2.75, 3.05) is 5.32 Å². The summed E-state index contributed by atoms with van der Waals surface area (Å²) in [5.74, 6) is 0.644. The van der Waals surface area contributed by atoms with E-state index in [-0.39, 0.29) is 0 Å². The van der Waals surface area contributed by atoms with Crippen LogP contribution in [-0.2, 0) is 0 Å². The quantitative estimate of drug-likeness (QED) is 0.613. The van der Waals surface area contributed by atoms with Gasteiger partial charge >= 0.3 is 0 Å². The summed E-state index contributed by atoms with van der Waals surface area (Å²) in [6, 6.07) is 10.6. The van der Waals surface area contributed by atoms with E-state index in [9.17, 15) is 0 Å². The first-order valence-electron chi connectivity index (χ1n) is 8.99. The van der Waals surface area contributed by atoms with Gasteiger partial charge in [0.05, 0.1) is 17.4 Å². The zero-order chi connectivity index (χ0) is 17.5. The van der Waals surface area contributed by atoms with Gasteiger partial charge in [0.15, 0.2) is 11.2 Å². The van der Waals surface area contributed by atoms with Gasteiger partial charge in [0.25, 0.3) is 0 Å². The van der Waals surface area contributed by atoms with E-state index in [1.165, 1.54) is 25.7 Å². The number of hydrogen-bond acceptors (Lipinski definition) is 6. The summed E-state index contributed by atoms with van der Waals surface area (Å²) < 4.78 is 1.76. The molecule has 1 aromatic carbocycles. The summed E-state index contributed by atoms with van der Waals surface area (Å²) in [5.41, 5.74) is 4.28. The summed E-state index contributed by atoms with van der Waals surface area (Å²) in [5, 5.41) is 13.0. The molecule has 1 aliphatic carbocycles. The zero-order valence-corrected chi connectivity index (χ0v) is 14.6. The van der Waals surface area contributed by atoms with Gasteiger partial charge in [-0.3, -0.25) is 4.98 Å². The number of aryl methyl sites for hydroxylation is 1. The topological polar surface area (TPSA) is 81.4 Å². The maximum absolute atomic E-state index is 4.67. The lowest BCUT2D eigenvalue weighted by Crippen LogP contribution is -2.16. The second-order valence-corrected chi connectivity index (χ2v) is 6.86. The Balaban J connectivity index is 1.56. The molecule has 26 heavy (non-hydrogen) atoms. The van der Waals surface area contributed by atoms with E-state index in [1.54, 1.807) is 10.9 Å². The van der Waals surface area contributed by atoms with E-state index in [0.717, 1.165) is 22.3 Å². The Morgan fingerprint density at radius 3 is 2.81 bits per heavy atom. The van der Waals surface area contributed by atoms with E-state index >= 15 is 0 Å². The van der Waals surface area contributed by atoms with Gasteiger partial charge in [0, 0.05) is 17.1 Å². The predicted molar refractivity (Wildman–Crippen MR) is 100 cm³/mol. The Morgan fingerprint density at radius 1 is 1.04 bits per heavy atom. The number of anilines is 1. The SMILES string of the molecule is Cc1ccc2cc(-n3nnc4cnc(NC5CCCC5)nc43)ccc2n1. The molecule has 1 N–H and O–H groups in total. The normalized spacial score (nSPS) is 15.1. The number of pyridine rings is 1. The third-order valence-corrected chi connectivity index (χ3v) is 4.94. The molecule has 4 aromatic rings. The molecule has 7 heteroatoms. The minimum Gasteiger partial charge on any atom is -0.351 e. The van der Waals surface area contributed by atoms with Crippen molar-refractivity contribution >= 4 is 28.0 Å². The van der Waals surface area contributed by atoms with E-state index in [0.29, 0.717) is 23.2 Å². The molecule has 0 bridgehead atoms. The molecule has 0 aliphatic heterocycles. The number of aromatic nitrogens is 6. The molecule has 0 amide bonds. The summed E-state index contributed by atoms with van der Waals surface area (Å²) in [6.45, 7) is 1.99. The van der Waals surface area contributed by atoms with Gasteiger partial charge in [0.2, 0.25) is 5.95 Å². The Bertz CT molecular complexity index is 1100. The lowest BCUT2D eigenvalue weighted by atomic mass is 10.2. The smallest absolute Gasteiger partial charge is 0.225 e. The van der Waals surface area contributed by atoms with Crippen LogP contribution in [0.15, 0.2) is 36.5 Å². The number of hydrogen-bond donors (Lipinski definition) is 1. The van der Waals surface area contributed by atoms with Crippen LogP contribution in [0.4, 0.5) is 5.95 Å². The van der Waals surface area contributed by atoms with Gasteiger partial charge in [-0.15, -0.1) is 5.10 Å². The number of rotatable bonds is 3. The molecule has 0 saturated heterocycles. The highest BCUT2D eigenvalue weighted by Gasteiger charge is 2.17. The average molecular weight is 345 g/mol. The number of nitrogens with one attached hydrogen (secondary N) is 1. The maximum Gasteiger partial charge on any atom is 0.225 e. The molecule has 7 nitrogen and oxygen atoms in total. The van der Waals surface area contributed by atoms with Crippen molar-refractivity contribution in [2.24, 2.45) is 0 Å². The molecular weight excluding hydrogens is 326 g/mol. The fourth-order valence-electron chi connectivity index (χ4n) is 3.57. The molecule has 3 heterocycles. The number of nitrogens with zero attached hydrogens (tertiary/aromatic N) is 6. The van der Waals surface area contributed by atoms with Crippen LogP contribution in [0.3, 0.4) is 0 Å². The Morgan fingerprint density at radius 2 is 1.92 bits per heavy atom. The fraction of sp³-hybridized carbons (Fsp3) is 0.316. The third-order valence-electron chi connectivity index (χ3n) is 4.94. The largest absolute Gasteiger partial charge is 0.351 e. The van der Waals surface area contributed by atoms with Crippen molar-refractivity contribution in [2.45, 2.75) is 38.6 Å². The summed E-state index contributed by atoms with van der Waals surface area (Å²) >= 11 is 0. The molecule has 1 aliphatic rings. The zero-order valence-electron chi connectivity index (χ0n) is 14.6. The molecule has 1 saturated carbocycles. The van der Waals surface area contributed by atoms with Crippen molar-refractivity contribution in [3.63, 3.8) is 0 Å². The van der Waals surface area contributed by atoms with E-state index < -0.39 is 0 Å². The van der Waals surface area contributed by atoms with Crippen molar-refractivity contribution in [3.05, 3.63) is 42.2 Å². The van der Waals surface area contributed by atoms with E-state index in [4.69, 9.17) is 0 Å². The minimum atomic E-state index is 0.465. The molecule has 0 spiro atoms. The van der Waals surface area contributed by atoms with Gasteiger partial charge in [-0.25, -0.2) is 4.98 Å². The van der Waals surface area contributed by atoms with Crippen LogP contribution < -0.4 is 5.32 Å². The Kier molecular flexibility index (Phi) is 3.51. The minimum absolute atomic E-state index is 0.465. The molecule has 3 aromatic heterocycles. The van der Waals surface area contributed by atoms with E-state index in [2.05, 4.69) is 42.7 Å². The summed E-state index contributed by atoms with van der Waals surface area (Å²) in [4.78, 5) is 13.6. The summed E-state index contributed by atoms with van der Waals surface area (Å²) in [6.07, 6.45) is 6.62. The third kappa shape index (κ3) is 2.65. The maximum atomic E-state index is 4.67. The second kappa shape index (κ2) is 6.01. The molecule has 130 valence electrons. The fourth-order valence-corrected chi connectivity index (χ4v) is 3.57. The highest BCUT2D eigenvalue weighted by atomic mass is 15.4. The van der Waals surface area contributed by atoms with Crippen LogP contribution in [0.5, 0.6) is 0 Å². The van der Waals surface area contributed by atoms with E-state index in [1.807, 2.05) is 25.1 Å². The summed E-state index contributed by atoms with van der Waals surface area (Å²) in [7, 11) is 0. The molecule has 0 radical (unpaired) electrons. The standard InChI is InChI=1S/C19H19N7/c1-12-6-7-13-10-15(8-9-16(13)21-12)26-18-17(24-25-26)11-20-19(23-18)22-14-4-2-3-5-14/h6-11,14H,2-5H2,1H3,(H,20,22,23). The van der Waals surface area contributed by atoms with Gasteiger partial charge in [-0.1, -0.05) is 24.1 Å². The van der Waals surface area contributed by atoms with Crippen LogP contribution in [0.2, 0.25) is 0 Å². The molecule has 1 fully saturated rings. The second-order valence-electron chi connectivity index (χ2n) is 6.86. The number of benzene rings is 1. The molecule has 5 rings (SSSR count). The van der Waals surface area contributed by atoms with Crippen LogP contribution in [-0.4, -0.2) is 36.0 Å². The monoisotopic (exact) mass is 345 g/mol. The number of fused-ring (bicyclic) bond motifs is 2. The first kappa shape index (κ1) is 15.2. The highest BCUT2D eigenvalue weighted by Crippen LogP contribution is 2.23. The molecule has 0 unspecified atom stereocenters. The lowest BCUT2D eigenvalue weighted by molar-refractivity contribution is 0.744. The van der Waals surface area contributed by atoms with Crippen LogP contribution in [0.1, 0.15) is 31.4 Å². The Labute approximate surface area is 150 Å². The highest BCUT2D eigenvalue weighted by molar-refractivity contribution is 5.82. The van der Waals surface area contributed by atoms with Crippen LogP contribution in [0.25, 0.3) is 27.8 Å². The van der Waals surface area contributed by atoms with Crippen molar-refractivity contribution in [1.82, 2.24) is 29.9 Å². The lowest BCUT2D eigenvalue weighted by Gasteiger charge is -2.11. The van der Waals surface area contributed by atoms with Crippen molar-refractivity contribution in [1.29, 1.82) is 0 Å². The van der Waals surface area contributed by atoms with Crippen LogP contribution in [0, 0.1) is 6.92 Å². The average Bonchev–Trinajstić information content (AvgIpc) is 3.31. The van der Waals surface area contributed by atoms with Gasteiger partial charge in [0.1, 0.15) is 0 Å². The van der Waals surface area contributed by atoms with Crippen molar-refractivity contribution in [3.8, 4) is 5.69 Å². The van der Waals surface area contributed by atoms with Crippen LogP contribution >= 0.6 is 0 Å². The van der Waals surface area contributed by atoms with Gasteiger partial charge in [-0.2, -0.15) is 9.67 Å². The molecule has 0 atom stereocenters. The van der Waals surface area contributed by atoms with Gasteiger partial charge in [-0.05, 0) is 44.0 Å². The van der Waals surface area contributed by atoms with Crippen molar-refractivity contribution < 1.29 is 0 Å². The Hall–Kier alpha value is -3.09. The molecular formula is C19H19N7. The first-order chi connectivity index (χ1) is 12.8. The predicted octanol–water partition coefficient (Wildman–Crippen LogP) is 3.42. The first-order valence-corrected chi connectivity index (χ1v) is 8.99.